The second-order valence-electron chi connectivity index (χ2n) is 6.32. The molecule has 28 heavy (non-hydrogen) atoms. The molecule has 0 unspecified atom stereocenters. The van der Waals surface area contributed by atoms with Crippen molar-refractivity contribution >= 4 is 34.7 Å². The number of nitrogens with zero attached hydrogens (tertiary/aromatic N) is 2. The van der Waals surface area contributed by atoms with E-state index in [4.69, 9.17) is 4.74 Å². The van der Waals surface area contributed by atoms with Crippen LogP contribution in [0.1, 0.15) is 21.7 Å². The number of carbonyl (C=O) groups is 2. The molecule has 146 valence electrons. The van der Waals surface area contributed by atoms with Gasteiger partial charge in [-0.2, -0.15) is 11.8 Å². The van der Waals surface area contributed by atoms with Crippen molar-refractivity contribution in [3.63, 3.8) is 0 Å². The molecule has 0 atom stereocenters. The van der Waals surface area contributed by atoms with Crippen molar-refractivity contribution < 1.29 is 14.3 Å². The van der Waals surface area contributed by atoms with Crippen molar-refractivity contribution in [2.75, 3.05) is 19.9 Å². The van der Waals surface area contributed by atoms with Crippen LogP contribution < -0.4 is 5.32 Å². The molecule has 1 N–H and O–H groups in total. The van der Waals surface area contributed by atoms with Gasteiger partial charge >= 0.3 is 5.97 Å². The van der Waals surface area contributed by atoms with Gasteiger partial charge in [0, 0.05) is 6.54 Å². The molecule has 0 aliphatic carbocycles. The Labute approximate surface area is 168 Å². The number of thioether (sulfide) groups is 1. The van der Waals surface area contributed by atoms with Crippen LogP contribution in [0.25, 0.3) is 11.0 Å². The number of carbonyl (C=O) groups excluding carboxylic acids is 2. The predicted octanol–water partition coefficient (Wildman–Crippen LogP) is 3.04. The van der Waals surface area contributed by atoms with Gasteiger partial charge in [0.25, 0.3) is 0 Å². The summed E-state index contributed by atoms with van der Waals surface area (Å²) in [4.78, 5) is 28.6. The molecule has 0 saturated carbocycles. The first-order valence-corrected chi connectivity index (χ1v) is 10.4. The van der Waals surface area contributed by atoms with Crippen LogP contribution in [0.2, 0.25) is 0 Å². The zero-order valence-corrected chi connectivity index (χ0v) is 16.8. The standard InChI is InChI=1S/C21H23N3O3S/c1-27-21(26)16-9-7-15(8-10-16)11-12-22-20(25)13-24-18-6-4-3-5-17(18)23-19(24)14-28-2/h3-10H,11-14H2,1-2H3,(H,22,25). The van der Waals surface area contributed by atoms with Crippen LogP contribution in [0.3, 0.4) is 0 Å². The van der Waals surface area contributed by atoms with E-state index in [-0.39, 0.29) is 18.4 Å². The maximum Gasteiger partial charge on any atom is 0.337 e. The van der Waals surface area contributed by atoms with Crippen LogP contribution in [-0.4, -0.2) is 41.3 Å². The summed E-state index contributed by atoms with van der Waals surface area (Å²) in [5, 5.41) is 2.97. The average Bonchev–Trinajstić information content (AvgIpc) is 3.05. The number of aromatic nitrogens is 2. The minimum atomic E-state index is -0.353. The molecule has 3 aromatic rings. The summed E-state index contributed by atoms with van der Waals surface area (Å²) in [6.07, 6.45) is 2.71. The molecule has 6 nitrogen and oxygen atoms in total. The van der Waals surface area contributed by atoms with Crippen LogP contribution in [0, 0.1) is 0 Å². The Bertz CT molecular complexity index is 967. The monoisotopic (exact) mass is 397 g/mol. The zero-order chi connectivity index (χ0) is 19.9. The Balaban J connectivity index is 1.58. The number of amides is 1. The highest BCUT2D eigenvalue weighted by molar-refractivity contribution is 7.97. The quantitative estimate of drug-likeness (QED) is 0.592. The lowest BCUT2D eigenvalue weighted by molar-refractivity contribution is -0.121. The molecule has 0 saturated heterocycles. The van der Waals surface area contributed by atoms with Gasteiger partial charge in [-0.3, -0.25) is 4.79 Å². The average molecular weight is 398 g/mol. The summed E-state index contributed by atoms with van der Waals surface area (Å²) in [5.41, 5.74) is 3.44. The molecule has 7 heteroatoms. The van der Waals surface area contributed by atoms with E-state index in [0.29, 0.717) is 18.5 Å². The Morgan fingerprint density at radius 3 is 2.61 bits per heavy atom. The van der Waals surface area contributed by atoms with Crippen molar-refractivity contribution in [2.45, 2.75) is 18.7 Å². The molecular formula is C21H23N3O3S. The molecule has 2 aromatic carbocycles. The molecule has 0 aliphatic rings. The highest BCUT2D eigenvalue weighted by atomic mass is 32.2. The first-order chi connectivity index (χ1) is 13.6. The van der Waals surface area contributed by atoms with E-state index >= 15 is 0 Å². The number of nitrogens with one attached hydrogen (secondary N) is 1. The number of hydrogen-bond donors (Lipinski definition) is 1. The summed E-state index contributed by atoms with van der Waals surface area (Å²) < 4.78 is 6.67. The number of para-hydroxylation sites is 2. The molecule has 3 rings (SSSR count). The van der Waals surface area contributed by atoms with Gasteiger partial charge in [0.05, 0.1) is 29.5 Å². The fraction of sp³-hybridized carbons (Fsp3) is 0.286. The van der Waals surface area contributed by atoms with Crippen molar-refractivity contribution in [3.8, 4) is 0 Å². The summed E-state index contributed by atoms with van der Waals surface area (Å²) in [6, 6.07) is 15.1. The molecule has 1 amide bonds. The number of fused-ring (bicyclic) bond motifs is 1. The lowest BCUT2D eigenvalue weighted by Crippen LogP contribution is -2.29. The number of benzene rings is 2. The third-order valence-corrected chi connectivity index (χ3v) is 4.97. The summed E-state index contributed by atoms with van der Waals surface area (Å²) in [7, 11) is 1.36. The van der Waals surface area contributed by atoms with Crippen molar-refractivity contribution in [3.05, 3.63) is 65.5 Å². The summed E-state index contributed by atoms with van der Waals surface area (Å²) >= 11 is 1.68. The van der Waals surface area contributed by atoms with Crippen LogP contribution in [0.15, 0.2) is 48.5 Å². The topological polar surface area (TPSA) is 73.2 Å². The molecule has 0 bridgehead atoms. The van der Waals surface area contributed by atoms with E-state index in [1.165, 1.54) is 7.11 Å². The zero-order valence-electron chi connectivity index (χ0n) is 16.0. The second-order valence-corrected chi connectivity index (χ2v) is 7.19. The number of ether oxygens (including phenoxy) is 1. The summed E-state index contributed by atoms with van der Waals surface area (Å²) in [5.74, 6) is 1.27. The fourth-order valence-electron chi connectivity index (χ4n) is 3.01. The summed E-state index contributed by atoms with van der Waals surface area (Å²) in [6.45, 7) is 0.776. The minimum absolute atomic E-state index is 0.0447. The van der Waals surface area contributed by atoms with Gasteiger partial charge in [0.1, 0.15) is 12.4 Å². The van der Waals surface area contributed by atoms with E-state index in [1.807, 2.05) is 47.2 Å². The minimum Gasteiger partial charge on any atom is -0.465 e. The lowest BCUT2D eigenvalue weighted by atomic mass is 10.1. The third kappa shape index (κ3) is 4.72. The molecule has 0 radical (unpaired) electrons. The van der Waals surface area contributed by atoms with Gasteiger partial charge < -0.3 is 14.6 Å². The van der Waals surface area contributed by atoms with E-state index in [2.05, 4.69) is 10.3 Å². The smallest absolute Gasteiger partial charge is 0.337 e. The van der Waals surface area contributed by atoms with Gasteiger partial charge in [0.2, 0.25) is 5.91 Å². The third-order valence-electron chi connectivity index (χ3n) is 4.42. The van der Waals surface area contributed by atoms with Crippen LogP contribution in [0.4, 0.5) is 0 Å². The highest BCUT2D eigenvalue weighted by Gasteiger charge is 2.13. The Morgan fingerprint density at radius 2 is 1.89 bits per heavy atom. The van der Waals surface area contributed by atoms with E-state index in [9.17, 15) is 9.59 Å². The van der Waals surface area contributed by atoms with Gasteiger partial charge in [-0.15, -0.1) is 0 Å². The Hall–Kier alpha value is -2.80. The first-order valence-electron chi connectivity index (χ1n) is 8.99. The van der Waals surface area contributed by atoms with E-state index in [1.54, 1.807) is 23.9 Å². The number of methoxy groups -OCH3 is 1. The second kappa shape index (κ2) is 9.41. The normalized spacial score (nSPS) is 10.8. The van der Waals surface area contributed by atoms with Crippen LogP contribution in [0.5, 0.6) is 0 Å². The van der Waals surface area contributed by atoms with Crippen molar-refractivity contribution in [2.24, 2.45) is 0 Å². The molecule has 0 aliphatic heterocycles. The van der Waals surface area contributed by atoms with Gasteiger partial charge in [-0.05, 0) is 42.5 Å². The number of esters is 1. The van der Waals surface area contributed by atoms with Crippen LogP contribution in [-0.2, 0) is 28.2 Å². The van der Waals surface area contributed by atoms with Crippen molar-refractivity contribution in [1.82, 2.24) is 14.9 Å². The SMILES string of the molecule is COC(=O)c1ccc(CCNC(=O)Cn2c(CSC)nc3ccccc32)cc1. The van der Waals surface area contributed by atoms with E-state index in [0.717, 1.165) is 28.2 Å². The fourth-order valence-corrected chi connectivity index (χ4v) is 3.49. The maximum absolute atomic E-state index is 12.5. The first kappa shape index (κ1) is 19.9. The van der Waals surface area contributed by atoms with E-state index < -0.39 is 0 Å². The number of rotatable bonds is 8. The largest absolute Gasteiger partial charge is 0.465 e. The molecule has 1 aromatic heterocycles. The lowest BCUT2D eigenvalue weighted by Gasteiger charge is -2.10. The predicted molar refractivity (Wildman–Crippen MR) is 111 cm³/mol. The van der Waals surface area contributed by atoms with Gasteiger partial charge in [0.15, 0.2) is 0 Å². The molecule has 0 fully saturated rings. The number of imidazole rings is 1. The molecular weight excluding hydrogens is 374 g/mol. The van der Waals surface area contributed by atoms with Gasteiger partial charge in [-0.25, -0.2) is 9.78 Å². The highest BCUT2D eigenvalue weighted by Crippen LogP contribution is 2.18. The van der Waals surface area contributed by atoms with Gasteiger partial charge in [-0.1, -0.05) is 24.3 Å². The number of hydrogen-bond acceptors (Lipinski definition) is 5. The Morgan fingerprint density at radius 1 is 1.14 bits per heavy atom. The van der Waals surface area contributed by atoms with Crippen molar-refractivity contribution in [1.29, 1.82) is 0 Å². The van der Waals surface area contributed by atoms with Crippen LogP contribution >= 0.6 is 11.8 Å². The maximum atomic E-state index is 12.5. The molecule has 0 spiro atoms. The molecule has 1 heterocycles. The Kier molecular flexibility index (Phi) is 6.71.